The molecule has 0 bridgehead atoms. The monoisotopic (exact) mass is 500 g/mol. The van der Waals surface area contributed by atoms with E-state index in [4.69, 9.17) is 0 Å². The van der Waals surface area contributed by atoms with E-state index in [1.165, 1.54) is 55.1 Å². The highest BCUT2D eigenvalue weighted by atomic mass is 15.0. The number of aromatic nitrogens is 2. The van der Waals surface area contributed by atoms with E-state index in [1.54, 1.807) is 0 Å². The first-order valence-corrected chi connectivity index (χ1v) is 13.4. The first kappa shape index (κ1) is 23.1. The highest BCUT2D eigenvalue weighted by Gasteiger charge is 2.12. The van der Waals surface area contributed by atoms with Crippen molar-refractivity contribution < 1.29 is 0 Å². The summed E-state index contributed by atoms with van der Waals surface area (Å²) in [5.41, 5.74) is 9.63. The molecule has 0 aliphatic rings. The van der Waals surface area contributed by atoms with Crippen LogP contribution < -0.4 is 0 Å². The van der Waals surface area contributed by atoms with E-state index in [2.05, 4.69) is 155 Å². The standard InChI is InChI=1S/C37H28N2/c1-2-3-4-11-29-26-38(35-15-8-5-12-32(29)35)30-22-18-27(19-23-30)28-20-24-31(25-21-28)39-36-16-9-6-13-33(36)34-14-7-10-17-37(34)39/h2-26H,1H3/b3-2-,11-4-. The number of hydrogen-bond acceptors (Lipinski definition) is 0. The van der Waals surface area contributed by atoms with Gasteiger partial charge in [-0.2, -0.15) is 0 Å². The van der Waals surface area contributed by atoms with Crippen molar-refractivity contribution in [2.45, 2.75) is 6.92 Å². The Morgan fingerprint density at radius 2 is 1.00 bits per heavy atom. The maximum atomic E-state index is 2.36. The van der Waals surface area contributed by atoms with E-state index in [1.807, 2.05) is 13.0 Å². The molecule has 0 fully saturated rings. The van der Waals surface area contributed by atoms with Gasteiger partial charge in [-0.3, -0.25) is 0 Å². The van der Waals surface area contributed by atoms with Gasteiger partial charge < -0.3 is 9.13 Å². The van der Waals surface area contributed by atoms with Gasteiger partial charge in [-0.1, -0.05) is 103 Å². The number of fused-ring (bicyclic) bond motifs is 4. The number of nitrogens with zero attached hydrogens (tertiary/aromatic N) is 2. The topological polar surface area (TPSA) is 9.86 Å². The third kappa shape index (κ3) is 3.98. The van der Waals surface area contributed by atoms with Crippen LogP contribution in [-0.2, 0) is 0 Å². The molecule has 2 aromatic heterocycles. The Hall–Kier alpha value is -5.08. The Labute approximate surface area is 228 Å². The summed E-state index contributed by atoms with van der Waals surface area (Å²) in [6.45, 7) is 2.03. The fraction of sp³-hybridized carbons (Fsp3) is 0.0270. The zero-order valence-electron chi connectivity index (χ0n) is 21.8. The number of rotatable bonds is 5. The van der Waals surface area contributed by atoms with Gasteiger partial charge in [-0.15, -0.1) is 0 Å². The molecule has 0 atom stereocenters. The van der Waals surface area contributed by atoms with Gasteiger partial charge in [0.05, 0.1) is 16.6 Å². The molecule has 2 nitrogen and oxygen atoms in total. The average Bonchev–Trinajstić information content (AvgIpc) is 3.54. The summed E-state index contributed by atoms with van der Waals surface area (Å²) < 4.78 is 4.64. The second-order valence-electron chi connectivity index (χ2n) is 9.82. The van der Waals surface area contributed by atoms with Gasteiger partial charge in [0.25, 0.3) is 0 Å². The summed E-state index contributed by atoms with van der Waals surface area (Å²) in [6, 6.07) is 43.6. The van der Waals surface area contributed by atoms with Crippen molar-refractivity contribution in [3.8, 4) is 22.5 Å². The molecular formula is C37H28N2. The average molecular weight is 501 g/mol. The fourth-order valence-electron chi connectivity index (χ4n) is 5.64. The molecule has 0 unspecified atom stereocenters. The van der Waals surface area contributed by atoms with Crippen LogP contribution in [0.15, 0.2) is 146 Å². The van der Waals surface area contributed by atoms with Crippen LogP contribution in [0.1, 0.15) is 12.5 Å². The molecule has 0 spiro atoms. The molecule has 0 amide bonds. The van der Waals surface area contributed by atoms with Gasteiger partial charge in [0.2, 0.25) is 0 Å². The van der Waals surface area contributed by atoms with E-state index in [0.717, 1.165) is 5.69 Å². The zero-order valence-corrected chi connectivity index (χ0v) is 21.8. The molecule has 2 heteroatoms. The smallest absolute Gasteiger partial charge is 0.0541 e. The first-order chi connectivity index (χ1) is 19.3. The quantitative estimate of drug-likeness (QED) is 0.208. The third-order valence-electron chi connectivity index (χ3n) is 7.51. The second-order valence-corrected chi connectivity index (χ2v) is 9.82. The Kier molecular flexibility index (Phi) is 5.71. The molecule has 0 aliphatic heterocycles. The van der Waals surface area contributed by atoms with Gasteiger partial charge in [-0.25, -0.2) is 0 Å². The van der Waals surface area contributed by atoms with Crippen molar-refractivity contribution in [2.24, 2.45) is 0 Å². The van der Waals surface area contributed by atoms with Crippen LogP contribution >= 0.6 is 0 Å². The Morgan fingerprint density at radius 3 is 1.59 bits per heavy atom. The fourth-order valence-corrected chi connectivity index (χ4v) is 5.64. The molecule has 0 radical (unpaired) electrons. The first-order valence-electron chi connectivity index (χ1n) is 13.4. The van der Waals surface area contributed by atoms with Crippen molar-refractivity contribution in [3.63, 3.8) is 0 Å². The minimum absolute atomic E-state index is 1.16. The number of allylic oxidation sites excluding steroid dienone is 3. The SMILES string of the molecule is C/C=C\C=C/c1cn(-c2ccc(-c3ccc(-n4c5ccccc5c5ccccc54)cc3)cc2)c2ccccc12. The molecule has 0 N–H and O–H groups in total. The summed E-state index contributed by atoms with van der Waals surface area (Å²) in [6.07, 6.45) is 10.6. The molecule has 39 heavy (non-hydrogen) atoms. The van der Waals surface area contributed by atoms with Crippen molar-refractivity contribution in [2.75, 3.05) is 0 Å². The summed E-state index contributed by atoms with van der Waals surface area (Å²) in [5, 5.41) is 3.82. The predicted molar refractivity (Wildman–Crippen MR) is 167 cm³/mol. The lowest BCUT2D eigenvalue weighted by atomic mass is 10.0. The number of hydrogen-bond donors (Lipinski definition) is 0. The van der Waals surface area contributed by atoms with Crippen LogP contribution in [0.25, 0.3) is 61.3 Å². The van der Waals surface area contributed by atoms with E-state index < -0.39 is 0 Å². The molecular weight excluding hydrogens is 472 g/mol. The van der Waals surface area contributed by atoms with Crippen LogP contribution in [-0.4, -0.2) is 9.13 Å². The van der Waals surface area contributed by atoms with Crippen molar-refractivity contribution in [1.82, 2.24) is 9.13 Å². The summed E-state index contributed by atoms with van der Waals surface area (Å²) in [7, 11) is 0. The van der Waals surface area contributed by atoms with Crippen molar-refractivity contribution >= 4 is 38.8 Å². The summed E-state index contributed by atoms with van der Waals surface area (Å²) in [5.74, 6) is 0. The molecule has 2 heterocycles. The molecule has 0 saturated carbocycles. The maximum absolute atomic E-state index is 2.36. The van der Waals surface area contributed by atoms with Crippen LogP contribution in [0, 0.1) is 0 Å². The minimum Gasteiger partial charge on any atom is -0.316 e. The van der Waals surface area contributed by atoms with Gasteiger partial charge in [0.15, 0.2) is 0 Å². The molecule has 0 aliphatic carbocycles. The summed E-state index contributed by atoms with van der Waals surface area (Å²) >= 11 is 0. The van der Waals surface area contributed by atoms with Crippen LogP contribution in [0.2, 0.25) is 0 Å². The number of para-hydroxylation sites is 3. The van der Waals surface area contributed by atoms with Crippen molar-refractivity contribution in [3.05, 3.63) is 151 Å². The third-order valence-corrected chi connectivity index (χ3v) is 7.51. The van der Waals surface area contributed by atoms with E-state index >= 15 is 0 Å². The second kappa shape index (κ2) is 9.66. The van der Waals surface area contributed by atoms with Crippen LogP contribution in [0.3, 0.4) is 0 Å². The highest BCUT2D eigenvalue weighted by Crippen LogP contribution is 2.33. The van der Waals surface area contributed by atoms with Crippen molar-refractivity contribution in [1.29, 1.82) is 0 Å². The van der Waals surface area contributed by atoms with E-state index in [0.29, 0.717) is 0 Å². The van der Waals surface area contributed by atoms with E-state index in [-0.39, 0.29) is 0 Å². The lowest BCUT2D eigenvalue weighted by molar-refractivity contribution is 1.13. The lowest BCUT2D eigenvalue weighted by Crippen LogP contribution is -1.94. The zero-order chi connectivity index (χ0) is 26.2. The van der Waals surface area contributed by atoms with E-state index in [9.17, 15) is 0 Å². The van der Waals surface area contributed by atoms with Gasteiger partial charge in [0.1, 0.15) is 0 Å². The predicted octanol–water partition coefficient (Wildman–Crippen LogP) is 9.98. The molecule has 7 aromatic rings. The summed E-state index contributed by atoms with van der Waals surface area (Å²) in [4.78, 5) is 0. The Morgan fingerprint density at radius 1 is 0.487 bits per heavy atom. The normalized spacial score (nSPS) is 12.0. The number of benzene rings is 5. The van der Waals surface area contributed by atoms with Gasteiger partial charge >= 0.3 is 0 Å². The molecule has 0 saturated heterocycles. The largest absolute Gasteiger partial charge is 0.316 e. The van der Waals surface area contributed by atoms with Gasteiger partial charge in [0, 0.05) is 39.3 Å². The maximum Gasteiger partial charge on any atom is 0.0541 e. The Bertz CT molecular complexity index is 1940. The van der Waals surface area contributed by atoms with Crippen LogP contribution in [0.5, 0.6) is 0 Å². The van der Waals surface area contributed by atoms with Crippen LogP contribution in [0.4, 0.5) is 0 Å². The molecule has 5 aromatic carbocycles. The van der Waals surface area contributed by atoms with Gasteiger partial charge in [-0.05, 0) is 60.5 Å². The molecule has 7 rings (SSSR count). The highest BCUT2D eigenvalue weighted by molar-refractivity contribution is 6.09. The molecule has 186 valence electrons. The Balaban J connectivity index is 1.23. The lowest BCUT2D eigenvalue weighted by Gasteiger charge is -2.10. The minimum atomic E-state index is 1.16.